The van der Waals surface area contributed by atoms with Crippen LogP contribution in [0.15, 0.2) is 17.6 Å². The van der Waals surface area contributed by atoms with Crippen molar-refractivity contribution >= 4 is 28.0 Å². The van der Waals surface area contributed by atoms with E-state index in [9.17, 15) is 9.90 Å². The molecule has 1 N–H and O–H groups in total. The number of aromatic nitrogens is 1. The van der Waals surface area contributed by atoms with E-state index in [1.165, 1.54) is 23.5 Å². The van der Waals surface area contributed by atoms with Gasteiger partial charge < -0.3 is 9.84 Å². The molecule has 0 amide bonds. The van der Waals surface area contributed by atoms with E-state index < -0.39 is 0 Å². The third-order valence-electron chi connectivity index (χ3n) is 1.59. The van der Waals surface area contributed by atoms with E-state index in [1.807, 2.05) is 0 Å². The maximum absolute atomic E-state index is 10.0. The lowest BCUT2D eigenvalue weighted by Crippen LogP contribution is -1.88. The van der Waals surface area contributed by atoms with Crippen molar-refractivity contribution in [2.45, 2.75) is 0 Å². The van der Waals surface area contributed by atoms with Crippen molar-refractivity contribution in [2.75, 3.05) is 0 Å². The number of carbonyl (C=O) groups is 1. The fraction of sp³-hybridized carbons (Fsp3) is 0. The summed E-state index contributed by atoms with van der Waals surface area (Å²) in [4.78, 5) is 14.1. The van der Waals surface area contributed by atoms with Crippen LogP contribution in [0.4, 0.5) is 0 Å². The number of carbonyl (C=O) groups excluding carboxylic acids is 1. The van der Waals surface area contributed by atoms with Gasteiger partial charge >= 0.3 is 0 Å². The topological polar surface area (TPSA) is 59.4 Å². The Kier molecular flexibility index (Phi) is 1.86. The Bertz CT molecular complexity index is 452. The summed E-state index contributed by atoms with van der Waals surface area (Å²) in [6.07, 6.45) is 0. The van der Waals surface area contributed by atoms with Crippen LogP contribution < -0.4 is 4.74 Å². The number of rotatable bonds is 2. The van der Waals surface area contributed by atoms with Crippen LogP contribution in [0.1, 0.15) is 0 Å². The Morgan fingerprint density at radius 3 is 3.15 bits per heavy atom. The zero-order valence-electron chi connectivity index (χ0n) is 6.43. The molecule has 1 heterocycles. The lowest BCUT2D eigenvalue weighted by Gasteiger charge is -1.99. The van der Waals surface area contributed by atoms with Gasteiger partial charge in [-0.05, 0) is 0 Å². The van der Waals surface area contributed by atoms with Crippen molar-refractivity contribution in [3.63, 3.8) is 0 Å². The van der Waals surface area contributed by atoms with Crippen LogP contribution in [0.5, 0.6) is 11.5 Å². The van der Waals surface area contributed by atoms with Crippen LogP contribution in [0.3, 0.4) is 0 Å². The number of benzene rings is 1. The molecule has 0 fully saturated rings. The number of thiazole rings is 1. The van der Waals surface area contributed by atoms with Crippen LogP contribution in [-0.2, 0) is 4.79 Å². The minimum atomic E-state index is -0.0520. The molecule has 2 rings (SSSR count). The van der Waals surface area contributed by atoms with Gasteiger partial charge in [-0.3, -0.25) is 4.79 Å². The van der Waals surface area contributed by atoms with E-state index in [2.05, 4.69) is 9.72 Å². The Morgan fingerprint density at radius 2 is 2.38 bits per heavy atom. The highest BCUT2D eigenvalue weighted by Crippen LogP contribution is 2.32. The summed E-state index contributed by atoms with van der Waals surface area (Å²) in [5.74, 6) is 0.0808. The number of phenols is 1. The highest BCUT2D eigenvalue weighted by atomic mass is 32.1. The smallest absolute Gasteiger partial charge is 0.298 e. The van der Waals surface area contributed by atoms with E-state index in [1.54, 1.807) is 5.51 Å². The molecular weight excluding hydrogens is 190 g/mol. The highest BCUT2D eigenvalue weighted by molar-refractivity contribution is 7.16. The second-order valence-electron chi connectivity index (χ2n) is 2.35. The molecule has 13 heavy (non-hydrogen) atoms. The van der Waals surface area contributed by atoms with Crippen molar-refractivity contribution in [3.8, 4) is 11.5 Å². The molecule has 0 atom stereocenters. The van der Waals surface area contributed by atoms with Crippen molar-refractivity contribution < 1.29 is 14.6 Å². The van der Waals surface area contributed by atoms with E-state index in [0.717, 1.165) is 4.70 Å². The molecule has 0 spiro atoms. The lowest BCUT2D eigenvalue weighted by molar-refractivity contribution is -0.120. The van der Waals surface area contributed by atoms with Gasteiger partial charge in [0.25, 0.3) is 6.47 Å². The van der Waals surface area contributed by atoms with Crippen LogP contribution in [0, 0.1) is 0 Å². The van der Waals surface area contributed by atoms with Crippen molar-refractivity contribution in [2.24, 2.45) is 0 Å². The maximum Gasteiger partial charge on any atom is 0.298 e. The van der Waals surface area contributed by atoms with Crippen LogP contribution in [0.25, 0.3) is 10.2 Å². The number of phenolic OH excluding ortho intramolecular Hbond substituents is 1. The van der Waals surface area contributed by atoms with Crippen LogP contribution in [0.2, 0.25) is 0 Å². The van der Waals surface area contributed by atoms with Gasteiger partial charge in [-0.15, -0.1) is 11.3 Å². The first kappa shape index (κ1) is 8.00. The summed E-state index contributed by atoms with van der Waals surface area (Å²) < 4.78 is 5.41. The molecule has 0 saturated carbocycles. The van der Waals surface area contributed by atoms with Gasteiger partial charge in [-0.1, -0.05) is 0 Å². The predicted octanol–water partition coefficient (Wildman–Crippen LogP) is 1.54. The van der Waals surface area contributed by atoms with Gasteiger partial charge in [-0.2, -0.15) is 0 Å². The van der Waals surface area contributed by atoms with Crippen LogP contribution in [-0.4, -0.2) is 16.6 Å². The Hall–Kier alpha value is -1.62. The summed E-state index contributed by atoms with van der Waals surface area (Å²) in [5.41, 5.74) is 2.37. The van der Waals surface area contributed by atoms with E-state index in [4.69, 9.17) is 0 Å². The zero-order chi connectivity index (χ0) is 9.26. The number of hydrogen-bond donors (Lipinski definition) is 1. The Balaban J connectivity index is 2.62. The number of ether oxygens (including phenoxy) is 1. The number of aromatic hydroxyl groups is 1. The fourth-order valence-corrected chi connectivity index (χ4v) is 1.71. The molecule has 5 heteroatoms. The lowest BCUT2D eigenvalue weighted by atomic mass is 10.3. The third kappa shape index (κ3) is 1.33. The first-order valence-corrected chi connectivity index (χ1v) is 4.36. The number of nitrogens with zero attached hydrogens (tertiary/aromatic N) is 1. The van der Waals surface area contributed by atoms with Crippen LogP contribution >= 0.6 is 11.3 Å². The zero-order valence-corrected chi connectivity index (χ0v) is 7.25. The average Bonchev–Trinajstić information content (AvgIpc) is 2.52. The summed E-state index contributed by atoms with van der Waals surface area (Å²) in [5, 5.41) is 9.35. The third-order valence-corrected chi connectivity index (χ3v) is 2.38. The van der Waals surface area contributed by atoms with Crippen molar-refractivity contribution in [1.29, 1.82) is 0 Å². The summed E-state index contributed by atoms with van der Waals surface area (Å²) in [6.45, 7) is 0.271. The van der Waals surface area contributed by atoms with Crippen molar-refractivity contribution in [1.82, 2.24) is 4.98 Å². The molecule has 0 aliphatic carbocycles. The van der Waals surface area contributed by atoms with Gasteiger partial charge in [0.2, 0.25) is 0 Å². The molecule has 0 radical (unpaired) electrons. The molecular formula is C8H5NO3S. The predicted molar refractivity (Wildman–Crippen MR) is 48.0 cm³/mol. The molecule has 0 aliphatic rings. The molecule has 0 unspecified atom stereocenters. The minimum absolute atomic E-state index is 0.0520. The number of fused-ring (bicyclic) bond motifs is 1. The van der Waals surface area contributed by atoms with Gasteiger partial charge in [0.15, 0.2) is 11.5 Å². The van der Waals surface area contributed by atoms with E-state index in [-0.39, 0.29) is 18.0 Å². The monoisotopic (exact) mass is 195 g/mol. The molecule has 4 nitrogen and oxygen atoms in total. The Labute approximate surface area is 77.4 Å². The largest absolute Gasteiger partial charge is 0.504 e. The highest BCUT2D eigenvalue weighted by Gasteiger charge is 2.06. The standard InChI is InChI=1S/C8H5NO3S/c10-4-12-7-1-5-8(2-6(7)11)13-3-9-5/h1-4,11H. The molecule has 0 aliphatic heterocycles. The first-order valence-electron chi connectivity index (χ1n) is 3.48. The van der Waals surface area contributed by atoms with Gasteiger partial charge in [0.05, 0.1) is 15.7 Å². The molecule has 0 saturated heterocycles. The van der Waals surface area contributed by atoms with Crippen molar-refractivity contribution in [3.05, 3.63) is 17.6 Å². The fourth-order valence-electron chi connectivity index (χ4n) is 1.02. The first-order chi connectivity index (χ1) is 6.31. The molecule has 1 aromatic heterocycles. The molecule has 66 valence electrons. The van der Waals surface area contributed by atoms with E-state index >= 15 is 0 Å². The average molecular weight is 195 g/mol. The minimum Gasteiger partial charge on any atom is -0.504 e. The quantitative estimate of drug-likeness (QED) is 0.738. The second-order valence-corrected chi connectivity index (χ2v) is 3.24. The van der Waals surface area contributed by atoms with E-state index in [0.29, 0.717) is 5.52 Å². The normalized spacial score (nSPS) is 10.2. The summed E-state index contributed by atoms with van der Waals surface area (Å²) in [6, 6.07) is 3.04. The van der Waals surface area contributed by atoms with Gasteiger partial charge in [0, 0.05) is 12.1 Å². The number of hydrogen-bond acceptors (Lipinski definition) is 5. The Morgan fingerprint density at radius 1 is 1.54 bits per heavy atom. The molecule has 1 aromatic carbocycles. The van der Waals surface area contributed by atoms with Gasteiger partial charge in [-0.25, -0.2) is 4.98 Å². The summed E-state index contributed by atoms with van der Waals surface area (Å²) in [7, 11) is 0. The molecule has 0 bridgehead atoms. The summed E-state index contributed by atoms with van der Waals surface area (Å²) >= 11 is 1.41. The van der Waals surface area contributed by atoms with Gasteiger partial charge in [0.1, 0.15) is 0 Å². The second kappa shape index (κ2) is 3.02. The SMILES string of the molecule is O=COc1cc2ncsc2cc1O. The molecule has 2 aromatic rings. The maximum atomic E-state index is 10.0.